The highest BCUT2D eigenvalue weighted by Crippen LogP contribution is 2.16. The number of carbonyl (C=O) groups excluding carboxylic acids is 2. The van der Waals surface area contributed by atoms with Gasteiger partial charge in [-0.15, -0.1) is 0 Å². The van der Waals surface area contributed by atoms with Crippen molar-refractivity contribution in [1.82, 2.24) is 4.90 Å². The van der Waals surface area contributed by atoms with E-state index in [2.05, 4.69) is 4.90 Å². The molecule has 138 valence electrons. The van der Waals surface area contributed by atoms with Gasteiger partial charge in [0, 0.05) is 13.1 Å². The number of likely N-dealkylation sites (N-methyl/N-ethyl adjacent to an activating group) is 1. The Balaban J connectivity index is 1.79. The minimum Gasteiger partial charge on any atom is -0.460 e. The first-order valence-electron chi connectivity index (χ1n) is 8.51. The first-order chi connectivity index (χ1) is 11.8. The monoisotopic (exact) mass is 349 g/mol. The maximum absolute atomic E-state index is 12.1. The van der Waals surface area contributed by atoms with Crippen LogP contribution in [0.2, 0.25) is 0 Å². The van der Waals surface area contributed by atoms with E-state index in [1.807, 2.05) is 34.7 Å². The number of carbonyl (C=O) groups is 2. The van der Waals surface area contributed by atoms with Gasteiger partial charge in [0.2, 0.25) is 0 Å². The van der Waals surface area contributed by atoms with E-state index >= 15 is 0 Å². The lowest BCUT2D eigenvalue weighted by molar-refractivity contribution is -0.157. The van der Waals surface area contributed by atoms with Gasteiger partial charge in [0.15, 0.2) is 6.61 Å². The quantitative estimate of drug-likeness (QED) is 0.758. The van der Waals surface area contributed by atoms with Crippen LogP contribution in [0, 0.1) is 20.8 Å². The molecule has 1 aromatic rings. The van der Waals surface area contributed by atoms with E-state index in [9.17, 15) is 9.59 Å². The van der Waals surface area contributed by atoms with Crippen LogP contribution in [0.25, 0.3) is 0 Å². The van der Waals surface area contributed by atoms with Gasteiger partial charge in [-0.1, -0.05) is 0 Å². The molecule has 6 nitrogen and oxygen atoms in total. The van der Waals surface area contributed by atoms with Crippen molar-refractivity contribution in [3.8, 4) is 0 Å². The summed E-state index contributed by atoms with van der Waals surface area (Å²) in [5.41, 5.74) is 3.62. The Kier molecular flexibility index (Phi) is 6.56. The summed E-state index contributed by atoms with van der Waals surface area (Å²) in [5.74, 6) is -1.09. The van der Waals surface area contributed by atoms with Crippen LogP contribution in [0.1, 0.15) is 34.0 Å². The maximum atomic E-state index is 12.1. The second-order valence-electron chi connectivity index (χ2n) is 6.78. The lowest BCUT2D eigenvalue weighted by Crippen LogP contribution is -2.46. The molecule has 1 aliphatic rings. The molecule has 0 bridgehead atoms. The van der Waals surface area contributed by atoms with Gasteiger partial charge in [0.05, 0.1) is 11.7 Å². The normalized spacial score (nSPS) is 21.0. The average molecular weight is 349 g/mol. The molecule has 1 aromatic carbocycles. The molecule has 1 fully saturated rings. The first-order valence-corrected chi connectivity index (χ1v) is 8.51. The minimum absolute atomic E-state index is 0.105. The fourth-order valence-electron chi connectivity index (χ4n) is 2.96. The third-order valence-electron chi connectivity index (χ3n) is 4.42. The topological polar surface area (TPSA) is 65.1 Å². The van der Waals surface area contributed by atoms with Gasteiger partial charge in [-0.25, -0.2) is 9.59 Å². The summed E-state index contributed by atoms with van der Waals surface area (Å²) >= 11 is 0. The molecule has 1 saturated heterocycles. The Morgan fingerprint density at radius 2 is 1.80 bits per heavy atom. The number of esters is 2. The van der Waals surface area contributed by atoms with Gasteiger partial charge < -0.3 is 19.1 Å². The Morgan fingerprint density at radius 1 is 1.16 bits per heavy atom. The molecule has 0 aliphatic carbocycles. The zero-order chi connectivity index (χ0) is 18.6. The molecule has 0 N–H and O–H groups in total. The summed E-state index contributed by atoms with van der Waals surface area (Å²) in [7, 11) is 2.00. The molecule has 25 heavy (non-hydrogen) atoms. The van der Waals surface area contributed by atoms with Crippen LogP contribution in [0.4, 0.5) is 0 Å². The molecule has 0 amide bonds. The van der Waals surface area contributed by atoms with Gasteiger partial charge in [-0.2, -0.15) is 0 Å². The largest absolute Gasteiger partial charge is 0.460 e. The third kappa shape index (κ3) is 5.54. The van der Waals surface area contributed by atoms with Crippen molar-refractivity contribution in [3.05, 3.63) is 34.4 Å². The summed E-state index contributed by atoms with van der Waals surface area (Å²) in [4.78, 5) is 26.0. The Labute approximate surface area is 149 Å². The smallest absolute Gasteiger partial charge is 0.344 e. The predicted molar refractivity (Wildman–Crippen MR) is 93.7 cm³/mol. The molecular weight excluding hydrogens is 322 g/mol. The molecular formula is C19H27NO5. The molecule has 0 spiro atoms. The molecule has 2 atom stereocenters. The number of rotatable bonds is 5. The lowest BCUT2D eigenvalue weighted by Gasteiger charge is -2.34. The van der Waals surface area contributed by atoms with Crippen LogP contribution in [-0.2, 0) is 19.0 Å². The number of benzene rings is 1. The van der Waals surface area contributed by atoms with Crippen LogP contribution in [0.3, 0.4) is 0 Å². The van der Waals surface area contributed by atoms with Crippen molar-refractivity contribution in [1.29, 1.82) is 0 Å². The van der Waals surface area contributed by atoms with Crippen molar-refractivity contribution in [2.24, 2.45) is 0 Å². The fourth-order valence-corrected chi connectivity index (χ4v) is 2.96. The van der Waals surface area contributed by atoms with Gasteiger partial charge in [0.1, 0.15) is 12.7 Å². The number of hydrogen-bond donors (Lipinski definition) is 0. The van der Waals surface area contributed by atoms with Crippen LogP contribution in [0.15, 0.2) is 12.1 Å². The third-order valence-corrected chi connectivity index (χ3v) is 4.42. The van der Waals surface area contributed by atoms with Crippen molar-refractivity contribution in [2.75, 3.05) is 33.4 Å². The summed E-state index contributed by atoms with van der Waals surface area (Å²) in [6.45, 7) is 9.19. The van der Waals surface area contributed by atoms with E-state index < -0.39 is 18.5 Å². The second kappa shape index (κ2) is 8.45. The van der Waals surface area contributed by atoms with Gasteiger partial charge >= 0.3 is 11.9 Å². The van der Waals surface area contributed by atoms with Crippen LogP contribution >= 0.6 is 0 Å². The van der Waals surface area contributed by atoms with Crippen LogP contribution in [0.5, 0.6) is 0 Å². The number of nitrogens with zero attached hydrogens (tertiary/aromatic N) is 1. The van der Waals surface area contributed by atoms with Gasteiger partial charge in [-0.3, -0.25) is 0 Å². The molecule has 0 aromatic heterocycles. The number of morpholine rings is 1. The second-order valence-corrected chi connectivity index (χ2v) is 6.78. The highest BCUT2D eigenvalue weighted by molar-refractivity contribution is 5.91. The van der Waals surface area contributed by atoms with Crippen molar-refractivity contribution in [2.45, 2.75) is 39.9 Å². The molecule has 0 saturated carbocycles. The van der Waals surface area contributed by atoms with Gasteiger partial charge in [0.25, 0.3) is 0 Å². The summed E-state index contributed by atoms with van der Waals surface area (Å²) in [6, 6.07) is 3.53. The molecule has 6 heteroatoms. The predicted octanol–water partition coefficient (Wildman–Crippen LogP) is 2.03. The van der Waals surface area contributed by atoms with E-state index in [1.165, 1.54) is 0 Å². The van der Waals surface area contributed by atoms with Crippen molar-refractivity contribution >= 4 is 11.9 Å². The lowest BCUT2D eigenvalue weighted by atomic mass is 10.0. The Morgan fingerprint density at radius 3 is 2.40 bits per heavy atom. The molecule has 0 radical (unpaired) electrons. The zero-order valence-corrected chi connectivity index (χ0v) is 15.6. The fraction of sp³-hybridized carbons (Fsp3) is 0.579. The van der Waals surface area contributed by atoms with E-state index in [0.29, 0.717) is 12.1 Å². The summed E-state index contributed by atoms with van der Waals surface area (Å²) in [6.07, 6.45) is -0.0518. The van der Waals surface area contributed by atoms with Crippen molar-refractivity contribution < 1.29 is 23.8 Å². The van der Waals surface area contributed by atoms with Crippen LogP contribution in [-0.4, -0.2) is 62.4 Å². The molecule has 2 unspecified atom stereocenters. The Hall–Kier alpha value is -1.92. The minimum atomic E-state index is -0.571. The summed E-state index contributed by atoms with van der Waals surface area (Å²) in [5, 5.41) is 0. The molecule has 1 aliphatic heterocycles. The SMILES string of the molecule is Cc1cc(C(=O)OCC(=O)OCC2CN(C)CC(C)O2)cc(C)c1C. The highest BCUT2D eigenvalue weighted by atomic mass is 16.6. The van der Waals surface area contributed by atoms with E-state index in [-0.39, 0.29) is 18.8 Å². The zero-order valence-electron chi connectivity index (χ0n) is 15.6. The molecule has 2 rings (SSSR count). The summed E-state index contributed by atoms with van der Waals surface area (Å²) < 4.78 is 15.9. The van der Waals surface area contributed by atoms with E-state index in [4.69, 9.17) is 14.2 Å². The standard InChI is InChI=1S/C19H27NO5/c1-12-6-16(7-13(2)15(12)4)19(22)24-11-18(21)23-10-17-9-20(5)8-14(3)25-17/h6-7,14,17H,8-11H2,1-5H3. The van der Waals surface area contributed by atoms with Gasteiger partial charge in [-0.05, 0) is 63.6 Å². The number of hydrogen-bond acceptors (Lipinski definition) is 6. The van der Waals surface area contributed by atoms with Crippen LogP contribution < -0.4 is 0 Å². The maximum Gasteiger partial charge on any atom is 0.344 e. The Bertz CT molecular complexity index is 610. The van der Waals surface area contributed by atoms with E-state index in [0.717, 1.165) is 23.2 Å². The number of ether oxygens (including phenoxy) is 3. The first kappa shape index (κ1) is 19.4. The number of aryl methyl sites for hydroxylation is 2. The van der Waals surface area contributed by atoms with Crippen molar-refractivity contribution in [3.63, 3.8) is 0 Å². The van der Waals surface area contributed by atoms with E-state index in [1.54, 1.807) is 12.1 Å². The average Bonchev–Trinajstić information content (AvgIpc) is 2.54. The molecule has 1 heterocycles. The highest BCUT2D eigenvalue weighted by Gasteiger charge is 2.24.